The van der Waals surface area contributed by atoms with Crippen LogP contribution in [0.3, 0.4) is 0 Å². The molecule has 0 aliphatic carbocycles. The molecular formula is C24H20N4O2S. The van der Waals surface area contributed by atoms with Gasteiger partial charge in [0.15, 0.2) is 11.9 Å². The summed E-state index contributed by atoms with van der Waals surface area (Å²) in [6, 6.07) is 25.5. The minimum absolute atomic E-state index is 0.460. The third kappa shape index (κ3) is 4.18. The average molecular weight is 429 g/mol. The Morgan fingerprint density at radius 3 is 2.61 bits per heavy atom. The monoisotopic (exact) mass is 428 g/mol. The predicted octanol–water partition coefficient (Wildman–Crippen LogP) is 5.95. The standard InChI is InChI=1S/C24H20N4O2S/c1-2-31-24-26-23-21(27-28-24)19-13-6-7-14-20(19)25-22(30-23)16-9-8-12-18(15-16)29-17-10-4-3-5-11-17/h3-15,22,25H,2H2,1H3. The van der Waals surface area contributed by atoms with E-state index in [1.807, 2.05) is 78.9 Å². The summed E-state index contributed by atoms with van der Waals surface area (Å²) in [5, 5.41) is 12.7. The lowest BCUT2D eigenvalue weighted by atomic mass is 10.1. The van der Waals surface area contributed by atoms with E-state index in [9.17, 15) is 0 Å². The van der Waals surface area contributed by atoms with Crippen molar-refractivity contribution in [2.75, 3.05) is 11.1 Å². The van der Waals surface area contributed by atoms with Crippen LogP contribution in [0, 0.1) is 0 Å². The third-order valence-corrected chi connectivity index (χ3v) is 5.47. The summed E-state index contributed by atoms with van der Waals surface area (Å²) in [6.45, 7) is 2.05. The Bertz CT molecular complexity index is 1200. The van der Waals surface area contributed by atoms with Crippen LogP contribution in [0.25, 0.3) is 11.3 Å². The first-order chi connectivity index (χ1) is 15.3. The SMILES string of the molecule is CCSc1nnc2c(n1)OC(c1cccc(Oc3ccccc3)c1)Nc1ccccc1-2. The molecule has 4 aromatic rings. The molecule has 5 rings (SSSR count). The molecule has 0 radical (unpaired) electrons. The molecule has 7 heteroatoms. The van der Waals surface area contributed by atoms with Gasteiger partial charge in [0.05, 0.1) is 0 Å². The molecule has 0 amide bonds. The second kappa shape index (κ2) is 8.65. The summed E-state index contributed by atoms with van der Waals surface area (Å²) in [5.74, 6) is 2.83. The van der Waals surface area contributed by atoms with Crippen LogP contribution < -0.4 is 14.8 Å². The number of aromatic nitrogens is 3. The topological polar surface area (TPSA) is 69.2 Å². The maximum atomic E-state index is 6.32. The van der Waals surface area contributed by atoms with Crippen molar-refractivity contribution in [1.29, 1.82) is 0 Å². The van der Waals surface area contributed by atoms with Gasteiger partial charge in [-0.1, -0.05) is 67.2 Å². The van der Waals surface area contributed by atoms with E-state index in [1.54, 1.807) is 0 Å². The van der Waals surface area contributed by atoms with Gasteiger partial charge in [-0.15, -0.1) is 10.2 Å². The van der Waals surface area contributed by atoms with E-state index in [0.29, 0.717) is 16.7 Å². The fourth-order valence-corrected chi connectivity index (χ4v) is 3.86. The molecule has 1 aromatic heterocycles. The van der Waals surface area contributed by atoms with Crippen molar-refractivity contribution >= 4 is 17.4 Å². The van der Waals surface area contributed by atoms with Crippen molar-refractivity contribution in [3.05, 3.63) is 84.4 Å². The third-order valence-electron chi connectivity index (χ3n) is 4.75. The van der Waals surface area contributed by atoms with Crippen LogP contribution in [0.5, 0.6) is 17.4 Å². The number of nitrogens with zero attached hydrogens (tertiary/aromatic N) is 3. The number of hydrogen-bond acceptors (Lipinski definition) is 7. The van der Waals surface area contributed by atoms with Crippen LogP contribution >= 0.6 is 11.8 Å². The minimum atomic E-state index is -0.460. The van der Waals surface area contributed by atoms with Gasteiger partial charge in [-0.2, -0.15) is 4.98 Å². The molecule has 0 spiro atoms. The van der Waals surface area contributed by atoms with E-state index in [-0.39, 0.29) is 0 Å². The molecule has 1 N–H and O–H groups in total. The predicted molar refractivity (Wildman–Crippen MR) is 122 cm³/mol. The molecule has 31 heavy (non-hydrogen) atoms. The van der Waals surface area contributed by atoms with Crippen LogP contribution in [0.4, 0.5) is 5.69 Å². The average Bonchev–Trinajstić information content (AvgIpc) is 2.97. The van der Waals surface area contributed by atoms with E-state index in [1.165, 1.54) is 11.8 Å². The first-order valence-corrected chi connectivity index (χ1v) is 11.0. The number of para-hydroxylation sites is 2. The highest BCUT2D eigenvalue weighted by Gasteiger charge is 2.26. The van der Waals surface area contributed by atoms with Gasteiger partial charge in [0.1, 0.15) is 11.5 Å². The van der Waals surface area contributed by atoms with Gasteiger partial charge < -0.3 is 14.8 Å². The maximum Gasteiger partial charge on any atom is 0.247 e. The summed E-state index contributed by atoms with van der Waals surface area (Å²) in [5.41, 5.74) is 3.36. The van der Waals surface area contributed by atoms with E-state index in [4.69, 9.17) is 9.47 Å². The first-order valence-electron chi connectivity index (χ1n) is 10.0. The summed E-state index contributed by atoms with van der Waals surface area (Å²) in [6.07, 6.45) is -0.460. The van der Waals surface area contributed by atoms with E-state index in [0.717, 1.165) is 34.1 Å². The molecule has 0 saturated carbocycles. The van der Waals surface area contributed by atoms with Gasteiger partial charge in [0.2, 0.25) is 11.0 Å². The molecule has 0 fully saturated rings. The molecular weight excluding hydrogens is 408 g/mol. The zero-order valence-electron chi connectivity index (χ0n) is 16.9. The van der Waals surface area contributed by atoms with E-state index in [2.05, 4.69) is 27.4 Å². The molecule has 0 saturated heterocycles. The van der Waals surface area contributed by atoms with Crippen molar-refractivity contribution < 1.29 is 9.47 Å². The zero-order chi connectivity index (χ0) is 21.0. The Kier molecular flexibility index (Phi) is 5.41. The Morgan fingerprint density at radius 2 is 1.74 bits per heavy atom. The normalized spacial score (nSPS) is 14.4. The number of nitrogens with one attached hydrogen (secondary N) is 1. The molecule has 1 aliphatic rings. The Balaban J connectivity index is 1.52. The number of benzene rings is 3. The smallest absolute Gasteiger partial charge is 0.247 e. The molecule has 1 aliphatic heterocycles. The minimum Gasteiger partial charge on any atom is -0.457 e. The van der Waals surface area contributed by atoms with Gasteiger partial charge in [-0.3, -0.25) is 0 Å². The van der Waals surface area contributed by atoms with E-state index >= 15 is 0 Å². The lowest BCUT2D eigenvalue weighted by Gasteiger charge is -2.20. The molecule has 6 nitrogen and oxygen atoms in total. The Hall–Kier alpha value is -3.58. The van der Waals surface area contributed by atoms with Crippen molar-refractivity contribution in [3.8, 4) is 28.6 Å². The summed E-state index contributed by atoms with van der Waals surface area (Å²) in [4.78, 5) is 4.62. The molecule has 3 aromatic carbocycles. The number of anilines is 1. The second-order valence-electron chi connectivity index (χ2n) is 6.86. The van der Waals surface area contributed by atoms with Crippen molar-refractivity contribution in [2.24, 2.45) is 0 Å². The fraction of sp³-hybridized carbons (Fsp3) is 0.125. The zero-order valence-corrected chi connectivity index (χ0v) is 17.7. The number of fused-ring (bicyclic) bond motifs is 3. The molecule has 1 unspecified atom stereocenters. The number of ether oxygens (including phenoxy) is 2. The number of rotatable bonds is 5. The highest BCUT2D eigenvalue weighted by Crippen LogP contribution is 2.40. The van der Waals surface area contributed by atoms with Gasteiger partial charge in [0, 0.05) is 16.8 Å². The van der Waals surface area contributed by atoms with E-state index < -0.39 is 6.23 Å². The van der Waals surface area contributed by atoms with Crippen LogP contribution in [0.15, 0.2) is 84.0 Å². The largest absolute Gasteiger partial charge is 0.457 e. The maximum absolute atomic E-state index is 6.32. The van der Waals surface area contributed by atoms with Crippen LogP contribution in [-0.2, 0) is 0 Å². The Morgan fingerprint density at radius 1 is 0.935 bits per heavy atom. The van der Waals surface area contributed by atoms with Crippen LogP contribution in [0.2, 0.25) is 0 Å². The Labute approximate surface area is 184 Å². The van der Waals surface area contributed by atoms with Gasteiger partial charge in [-0.05, 0) is 36.1 Å². The quantitative estimate of drug-likeness (QED) is 0.394. The summed E-state index contributed by atoms with van der Waals surface area (Å²) < 4.78 is 12.3. The fourth-order valence-electron chi connectivity index (χ4n) is 3.35. The summed E-state index contributed by atoms with van der Waals surface area (Å²) in [7, 11) is 0. The van der Waals surface area contributed by atoms with Gasteiger partial charge in [0.25, 0.3) is 0 Å². The lowest BCUT2D eigenvalue weighted by Crippen LogP contribution is -2.17. The van der Waals surface area contributed by atoms with Gasteiger partial charge >= 0.3 is 0 Å². The molecule has 0 bridgehead atoms. The lowest BCUT2D eigenvalue weighted by molar-refractivity contribution is 0.225. The van der Waals surface area contributed by atoms with Crippen LogP contribution in [-0.4, -0.2) is 20.9 Å². The molecule has 1 atom stereocenters. The molecule has 2 heterocycles. The first kappa shape index (κ1) is 19.4. The van der Waals surface area contributed by atoms with Gasteiger partial charge in [-0.25, -0.2) is 0 Å². The second-order valence-corrected chi connectivity index (χ2v) is 8.09. The highest BCUT2D eigenvalue weighted by atomic mass is 32.2. The van der Waals surface area contributed by atoms with Crippen molar-refractivity contribution in [2.45, 2.75) is 18.3 Å². The van der Waals surface area contributed by atoms with Crippen molar-refractivity contribution in [1.82, 2.24) is 15.2 Å². The van der Waals surface area contributed by atoms with Crippen molar-refractivity contribution in [3.63, 3.8) is 0 Å². The number of hydrogen-bond donors (Lipinski definition) is 1. The van der Waals surface area contributed by atoms with Crippen LogP contribution in [0.1, 0.15) is 18.7 Å². The summed E-state index contributed by atoms with van der Waals surface area (Å²) >= 11 is 1.53. The molecule has 154 valence electrons. The highest BCUT2D eigenvalue weighted by molar-refractivity contribution is 7.99. The number of thioether (sulfide) groups is 1.